The third-order valence-electron chi connectivity index (χ3n) is 4.59. The van der Waals surface area contributed by atoms with Gasteiger partial charge in [0.05, 0.1) is 17.5 Å². The number of nitro benzene ring substituents is 1. The number of carbonyl (C=O) groups excluding carboxylic acids is 2. The van der Waals surface area contributed by atoms with Crippen molar-refractivity contribution >= 4 is 17.5 Å². The number of benzene rings is 2. The number of fused-ring (bicyclic) bond motifs is 1. The standard InChI is InChI=1S/C19H19N3O4/c1-12-7-8-14(13(2)9-12)10-20(3)11-21-18(23)15-5-4-6-16(22(25)26)17(15)19(21)24/h4-9H,10-11H2,1-3H3/p+1. The summed E-state index contributed by atoms with van der Waals surface area (Å²) in [4.78, 5) is 37.7. The van der Waals surface area contributed by atoms with Gasteiger partial charge in [-0.2, -0.15) is 0 Å². The van der Waals surface area contributed by atoms with Crippen molar-refractivity contribution in [2.75, 3.05) is 13.7 Å². The molecule has 26 heavy (non-hydrogen) atoms. The molecule has 0 spiro atoms. The van der Waals surface area contributed by atoms with Crippen LogP contribution in [0, 0.1) is 24.0 Å². The highest BCUT2D eigenvalue weighted by atomic mass is 16.6. The van der Waals surface area contributed by atoms with Gasteiger partial charge in [-0.25, -0.2) is 4.90 Å². The Labute approximate surface area is 151 Å². The maximum Gasteiger partial charge on any atom is 0.282 e. The van der Waals surface area contributed by atoms with Crippen LogP contribution in [0.25, 0.3) is 0 Å². The lowest BCUT2D eigenvalue weighted by atomic mass is 10.1. The van der Waals surface area contributed by atoms with Gasteiger partial charge >= 0.3 is 0 Å². The third kappa shape index (κ3) is 3.09. The third-order valence-corrected chi connectivity index (χ3v) is 4.59. The molecule has 1 unspecified atom stereocenters. The van der Waals surface area contributed by atoms with Crippen molar-refractivity contribution in [3.63, 3.8) is 0 Å². The fraction of sp³-hybridized carbons (Fsp3) is 0.263. The fourth-order valence-corrected chi connectivity index (χ4v) is 3.31. The molecule has 2 aromatic rings. The molecule has 134 valence electrons. The summed E-state index contributed by atoms with van der Waals surface area (Å²) in [5.74, 6) is -1.08. The van der Waals surface area contributed by atoms with Crippen LogP contribution in [0.4, 0.5) is 5.69 Å². The number of amides is 2. The van der Waals surface area contributed by atoms with E-state index in [4.69, 9.17) is 0 Å². The van der Waals surface area contributed by atoms with E-state index < -0.39 is 16.7 Å². The van der Waals surface area contributed by atoms with Gasteiger partial charge in [0.25, 0.3) is 17.5 Å². The van der Waals surface area contributed by atoms with E-state index in [0.717, 1.165) is 20.9 Å². The van der Waals surface area contributed by atoms with Gasteiger partial charge in [0.15, 0.2) is 6.67 Å². The van der Waals surface area contributed by atoms with Gasteiger partial charge in [-0.15, -0.1) is 0 Å². The van der Waals surface area contributed by atoms with Gasteiger partial charge in [0.2, 0.25) is 0 Å². The Balaban J connectivity index is 1.80. The lowest BCUT2D eigenvalue weighted by Crippen LogP contribution is -3.09. The molecule has 0 saturated carbocycles. The first kappa shape index (κ1) is 17.8. The smallest absolute Gasteiger partial charge is 0.282 e. The van der Waals surface area contributed by atoms with Gasteiger partial charge in [-0.05, 0) is 25.5 Å². The second-order valence-electron chi connectivity index (χ2n) is 6.72. The molecule has 7 nitrogen and oxygen atoms in total. The van der Waals surface area contributed by atoms with E-state index in [1.54, 1.807) is 0 Å². The molecule has 0 bridgehead atoms. The Morgan fingerprint density at radius 1 is 1.12 bits per heavy atom. The quantitative estimate of drug-likeness (QED) is 0.501. The normalized spacial score (nSPS) is 14.5. The van der Waals surface area contributed by atoms with Gasteiger partial charge in [0.1, 0.15) is 12.1 Å². The number of nitrogens with one attached hydrogen (secondary N) is 1. The average Bonchev–Trinajstić information content (AvgIpc) is 2.82. The largest absolute Gasteiger partial charge is 0.316 e. The minimum Gasteiger partial charge on any atom is -0.316 e. The molecule has 3 rings (SSSR count). The molecule has 1 aliphatic heterocycles. The summed E-state index contributed by atoms with van der Waals surface area (Å²) >= 11 is 0. The summed E-state index contributed by atoms with van der Waals surface area (Å²) in [5.41, 5.74) is 3.13. The van der Waals surface area contributed by atoms with Gasteiger partial charge in [-0.3, -0.25) is 19.7 Å². The fourth-order valence-electron chi connectivity index (χ4n) is 3.31. The number of carbonyl (C=O) groups is 2. The van der Waals surface area contributed by atoms with Crippen LogP contribution in [0.2, 0.25) is 0 Å². The van der Waals surface area contributed by atoms with Crippen LogP contribution in [0.5, 0.6) is 0 Å². The SMILES string of the molecule is Cc1ccc(C[NH+](C)CN2C(=O)c3cccc([N+](=O)[O-])c3C2=O)c(C)c1. The minimum atomic E-state index is -0.625. The second kappa shape index (κ2) is 6.68. The summed E-state index contributed by atoms with van der Waals surface area (Å²) < 4.78 is 0. The molecule has 2 aromatic carbocycles. The number of aryl methyl sites for hydroxylation is 2. The molecule has 0 radical (unpaired) electrons. The molecular formula is C19H20N3O4+. The molecule has 0 aliphatic carbocycles. The number of nitrogens with zero attached hydrogens (tertiary/aromatic N) is 2. The first-order valence-corrected chi connectivity index (χ1v) is 8.30. The zero-order valence-electron chi connectivity index (χ0n) is 14.9. The van der Waals surface area contributed by atoms with Crippen molar-refractivity contribution in [3.8, 4) is 0 Å². The van der Waals surface area contributed by atoms with Crippen LogP contribution < -0.4 is 4.90 Å². The average molecular weight is 354 g/mol. The minimum absolute atomic E-state index is 0.100. The molecule has 0 saturated heterocycles. The topological polar surface area (TPSA) is 85.0 Å². The van der Waals surface area contributed by atoms with Crippen LogP contribution in [-0.4, -0.2) is 35.4 Å². The number of hydrogen-bond donors (Lipinski definition) is 1. The van der Waals surface area contributed by atoms with Crippen LogP contribution in [0.1, 0.15) is 37.4 Å². The zero-order chi connectivity index (χ0) is 19.0. The van der Waals surface area contributed by atoms with Crippen LogP contribution >= 0.6 is 0 Å². The van der Waals surface area contributed by atoms with E-state index >= 15 is 0 Å². The van der Waals surface area contributed by atoms with Gasteiger partial charge in [-0.1, -0.05) is 29.8 Å². The summed E-state index contributed by atoms with van der Waals surface area (Å²) in [6.07, 6.45) is 0. The van der Waals surface area contributed by atoms with Crippen LogP contribution in [0.3, 0.4) is 0 Å². The molecule has 0 fully saturated rings. The molecular weight excluding hydrogens is 334 g/mol. The maximum absolute atomic E-state index is 12.6. The summed E-state index contributed by atoms with van der Waals surface area (Å²) in [7, 11) is 1.89. The molecule has 2 amide bonds. The molecule has 1 N–H and O–H groups in total. The van der Waals surface area contributed by atoms with Gasteiger partial charge in [0, 0.05) is 11.6 Å². The summed E-state index contributed by atoms with van der Waals surface area (Å²) in [6.45, 7) is 4.85. The van der Waals surface area contributed by atoms with Crippen molar-refractivity contribution in [2.45, 2.75) is 20.4 Å². The van der Waals surface area contributed by atoms with Crippen molar-refractivity contribution in [2.24, 2.45) is 0 Å². The molecule has 1 atom stereocenters. The van der Waals surface area contributed by atoms with Crippen molar-refractivity contribution in [1.82, 2.24) is 4.90 Å². The Morgan fingerprint density at radius 3 is 2.50 bits per heavy atom. The zero-order valence-corrected chi connectivity index (χ0v) is 14.9. The van der Waals surface area contributed by atoms with Crippen molar-refractivity contribution < 1.29 is 19.4 Å². The van der Waals surface area contributed by atoms with E-state index in [1.165, 1.54) is 23.8 Å². The molecule has 0 aromatic heterocycles. The second-order valence-corrected chi connectivity index (χ2v) is 6.72. The van der Waals surface area contributed by atoms with E-state index in [-0.39, 0.29) is 23.5 Å². The number of hydrogen-bond acceptors (Lipinski definition) is 4. The van der Waals surface area contributed by atoms with Crippen molar-refractivity contribution in [1.29, 1.82) is 0 Å². The number of quaternary nitrogens is 1. The lowest BCUT2D eigenvalue weighted by molar-refractivity contribution is -0.901. The maximum atomic E-state index is 12.6. The van der Waals surface area contributed by atoms with E-state index in [1.807, 2.05) is 33.0 Å². The Hall–Kier alpha value is -3.06. The molecule has 1 aliphatic rings. The Kier molecular flexibility index (Phi) is 4.56. The predicted octanol–water partition coefficient (Wildman–Crippen LogP) is 1.48. The number of imide groups is 1. The highest BCUT2D eigenvalue weighted by Gasteiger charge is 2.42. The van der Waals surface area contributed by atoms with Gasteiger partial charge < -0.3 is 4.90 Å². The van der Waals surface area contributed by atoms with E-state index in [0.29, 0.717) is 6.54 Å². The van der Waals surface area contributed by atoms with E-state index in [9.17, 15) is 19.7 Å². The van der Waals surface area contributed by atoms with Crippen LogP contribution in [0.15, 0.2) is 36.4 Å². The molecule has 1 heterocycles. The molecule has 7 heteroatoms. The van der Waals surface area contributed by atoms with Crippen LogP contribution in [-0.2, 0) is 6.54 Å². The summed E-state index contributed by atoms with van der Waals surface area (Å²) in [5, 5.41) is 11.2. The predicted molar refractivity (Wildman–Crippen MR) is 95.0 cm³/mol. The van der Waals surface area contributed by atoms with Crippen molar-refractivity contribution in [3.05, 3.63) is 74.3 Å². The Bertz CT molecular complexity index is 923. The monoisotopic (exact) mass is 354 g/mol. The highest BCUT2D eigenvalue weighted by Crippen LogP contribution is 2.30. The number of rotatable bonds is 5. The highest BCUT2D eigenvalue weighted by molar-refractivity contribution is 6.23. The summed E-state index contributed by atoms with van der Waals surface area (Å²) in [6, 6.07) is 10.3. The first-order valence-electron chi connectivity index (χ1n) is 8.30. The number of nitro groups is 1. The van der Waals surface area contributed by atoms with E-state index in [2.05, 4.69) is 6.07 Å². The first-order chi connectivity index (χ1) is 12.3. The lowest BCUT2D eigenvalue weighted by Gasteiger charge is -2.21. The Morgan fingerprint density at radius 2 is 1.85 bits per heavy atom.